The molecule has 0 aliphatic carbocycles. The number of rotatable bonds is 8. The van der Waals surface area contributed by atoms with E-state index in [0.717, 1.165) is 11.5 Å². The maximum Gasteiger partial charge on any atom is 0.314 e. The highest BCUT2D eigenvalue weighted by Crippen LogP contribution is 2.17. The second kappa shape index (κ2) is 8.98. The van der Waals surface area contributed by atoms with Crippen LogP contribution < -0.4 is 15.4 Å². The molecule has 1 heterocycles. The number of benzene rings is 1. The van der Waals surface area contributed by atoms with Gasteiger partial charge in [-0.3, -0.25) is 4.90 Å². The zero-order valence-corrected chi connectivity index (χ0v) is 14.4. The molecule has 0 fully saturated rings. The highest BCUT2D eigenvalue weighted by atomic mass is 16.5. The number of nitrogens with one attached hydrogen (secondary N) is 2. The van der Waals surface area contributed by atoms with Crippen LogP contribution in [-0.2, 0) is 0 Å². The fourth-order valence-electron chi connectivity index (χ4n) is 2.24. The van der Waals surface area contributed by atoms with Gasteiger partial charge in [0.2, 0.25) is 0 Å². The molecule has 2 aromatic rings. The van der Waals surface area contributed by atoms with E-state index in [0.29, 0.717) is 19.7 Å². The third-order valence-corrected chi connectivity index (χ3v) is 3.63. The summed E-state index contributed by atoms with van der Waals surface area (Å²) in [6.45, 7) is 3.35. The topological polar surface area (TPSA) is 66.7 Å². The molecule has 24 heavy (non-hydrogen) atoms. The first-order valence-electron chi connectivity index (χ1n) is 7.97. The first-order valence-corrected chi connectivity index (χ1v) is 7.97. The van der Waals surface area contributed by atoms with Crippen LogP contribution in [0, 0.1) is 6.92 Å². The largest absolute Gasteiger partial charge is 0.492 e. The minimum atomic E-state index is -0.221. The fourth-order valence-corrected chi connectivity index (χ4v) is 2.24. The Morgan fingerprint density at radius 3 is 2.58 bits per heavy atom. The number of furan rings is 1. The molecule has 1 atom stereocenters. The summed E-state index contributed by atoms with van der Waals surface area (Å²) in [5, 5.41) is 5.63. The summed E-state index contributed by atoms with van der Waals surface area (Å²) in [7, 11) is 3.89. The van der Waals surface area contributed by atoms with Crippen LogP contribution in [-0.4, -0.2) is 44.7 Å². The fraction of sp³-hybridized carbons (Fsp3) is 0.389. The van der Waals surface area contributed by atoms with Gasteiger partial charge in [0.25, 0.3) is 0 Å². The molecule has 6 nitrogen and oxygen atoms in total. The normalized spacial score (nSPS) is 12.0. The van der Waals surface area contributed by atoms with E-state index >= 15 is 0 Å². The van der Waals surface area contributed by atoms with Crippen LogP contribution in [0.4, 0.5) is 4.79 Å². The Kier molecular flexibility index (Phi) is 6.69. The molecular formula is C18H25N3O3. The molecular weight excluding hydrogens is 306 g/mol. The quantitative estimate of drug-likeness (QED) is 0.730. The zero-order chi connectivity index (χ0) is 17.4. The lowest BCUT2D eigenvalue weighted by Gasteiger charge is -2.22. The molecule has 6 heteroatoms. The lowest BCUT2D eigenvalue weighted by atomic mass is 10.2. The van der Waals surface area contributed by atoms with Crippen LogP contribution in [0.25, 0.3) is 0 Å². The molecule has 2 rings (SSSR count). The summed E-state index contributed by atoms with van der Waals surface area (Å²) in [6, 6.07) is 11.3. The second-order valence-electron chi connectivity index (χ2n) is 5.79. The number of carbonyl (C=O) groups excluding carboxylic acids is 1. The van der Waals surface area contributed by atoms with Crippen LogP contribution in [0.5, 0.6) is 5.75 Å². The van der Waals surface area contributed by atoms with Crippen molar-refractivity contribution in [2.45, 2.75) is 13.0 Å². The number of nitrogens with zero attached hydrogens (tertiary/aromatic N) is 1. The maximum atomic E-state index is 11.9. The molecule has 0 saturated heterocycles. The molecule has 0 radical (unpaired) electrons. The average molecular weight is 331 g/mol. The van der Waals surface area contributed by atoms with Gasteiger partial charge in [-0.1, -0.05) is 17.7 Å². The Bertz CT molecular complexity index is 609. The smallest absolute Gasteiger partial charge is 0.314 e. The van der Waals surface area contributed by atoms with Crippen molar-refractivity contribution in [3.63, 3.8) is 0 Å². The van der Waals surface area contributed by atoms with Crippen molar-refractivity contribution < 1.29 is 13.9 Å². The summed E-state index contributed by atoms with van der Waals surface area (Å²) in [6.07, 6.45) is 1.63. The van der Waals surface area contributed by atoms with Crippen molar-refractivity contribution in [3.8, 4) is 5.75 Å². The highest BCUT2D eigenvalue weighted by Gasteiger charge is 2.17. The first-order chi connectivity index (χ1) is 11.6. The zero-order valence-electron chi connectivity index (χ0n) is 14.4. The first kappa shape index (κ1) is 17.9. The van der Waals surface area contributed by atoms with E-state index in [9.17, 15) is 4.79 Å². The van der Waals surface area contributed by atoms with E-state index in [-0.39, 0.29) is 12.1 Å². The second-order valence-corrected chi connectivity index (χ2v) is 5.79. The van der Waals surface area contributed by atoms with Crippen molar-refractivity contribution in [1.29, 1.82) is 0 Å². The van der Waals surface area contributed by atoms with Crippen LogP contribution in [0.15, 0.2) is 47.1 Å². The van der Waals surface area contributed by atoms with Gasteiger partial charge in [0.1, 0.15) is 18.1 Å². The number of carbonyl (C=O) groups is 1. The van der Waals surface area contributed by atoms with Gasteiger partial charge in [0, 0.05) is 6.54 Å². The number of likely N-dealkylation sites (N-methyl/N-ethyl adjacent to an activating group) is 1. The molecule has 1 aromatic carbocycles. The van der Waals surface area contributed by atoms with Gasteiger partial charge in [-0.05, 0) is 45.3 Å². The summed E-state index contributed by atoms with van der Waals surface area (Å²) in [5.41, 5.74) is 1.19. The Hall–Kier alpha value is -2.47. The molecule has 130 valence electrons. The number of urea groups is 1. The third-order valence-electron chi connectivity index (χ3n) is 3.63. The van der Waals surface area contributed by atoms with Crippen LogP contribution in [0.3, 0.4) is 0 Å². The average Bonchev–Trinajstić information content (AvgIpc) is 3.07. The highest BCUT2D eigenvalue weighted by molar-refractivity contribution is 5.73. The molecule has 0 bridgehead atoms. The minimum absolute atomic E-state index is 0.00504. The number of ether oxygens (including phenoxy) is 1. The van der Waals surface area contributed by atoms with E-state index in [1.807, 2.05) is 62.3 Å². The summed E-state index contributed by atoms with van der Waals surface area (Å²) < 4.78 is 11.0. The van der Waals surface area contributed by atoms with Gasteiger partial charge in [0.15, 0.2) is 0 Å². The van der Waals surface area contributed by atoms with Gasteiger partial charge in [-0.2, -0.15) is 0 Å². The number of hydrogen-bond acceptors (Lipinski definition) is 4. The summed E-state index contributed by atoms with van der Waals surface area (Å²) >= 11 is 0. The van der Waals surface area contributed by atoms with Crippen molar-refractivity contribution in [3.05, 3.63) is 54.0 Å². The predicted octanol–water partition coefficient (Wildman–Crippen LogP) is 2.57. The number of hydrogen-bond donors (Lipinski definition) is 2. The molecule has 1 aromatic heterocycles. The maximum absolute atomic E-state index is 11.9. The lowest BCUT2D eigenvalue weighted by molar-refractivity contribution is 0.222. The summed E-state index contributed by atoms with van der Waals surface area (Å²) in [4.78, 5) is 13.9. The molecule has 0 aliphatic rings. The van der Waals surface area contributed by atoms with E-state index in [1.54, 1.807) is 6.26 Å². The Morgan fingerprint density at radius 1 is 1.21 bits per heavy atom. The lowest BCUT2D eigenvalue weighted by Crippen LogP contribution is -2.41. The van der Waals surface area contributed by atoms with Crippen molar-refractivity contribution in [2.24, 2.45) is 0 Å². The molecule has 1 unspecified atom stereocenters. The van der Waals surface area contributed by atoms with Crippen molar-refractivity contribution in [2.75, 3.05) is 33.8 Å². The van der Waals surface area contributed by atoms with E-state index in [1.165, 1.54) is 5.56 Å². The van der Waals surface area contributed by atoms with E-state index < -0.39 is 0 Å². The minimum Gasteiger partial charge on any atom is -0.492 e. The van der Waals surface area contributed by atoms with Gasteiger partial charge in [0.05, 0.1) is 18.8 Å². The monoisotopic (exact) mass is 331 g/mol. The van der Waals surface area contributed by atoms with Gasteiger partial charge >= 0.3 is 6.03 Å². The summed E-state index contributed by atoms with van der Waals surface area (Å²) in [5.74, 6) is 1.62. The molecule has 0 aliphatic heterocycles. The van der Waals surface area contributed by atoms with Crippen LogP contribution in [0.2, 0.25) is 0 Å². The molecule has 0 saturated carbocycles. The van der Waals surface area contributed by atoms with Crippen molar-refractivity contribution >= 4 is 6.03 Å². The number of amides is 2. The molecule has 0 spiro atoms. The Labute approximate surface area is 142 Å². The molecule has 2 amide bonds. The van der Waals surface area contributed by atoms with Crippen LogP contribution in [0.1, 0.15) is 17.4 Å². The van der Waals surface area contributed by atoms with E-state index in [4.69, 9.17) is 9.15 Å². The third kappa shape index (κ3) is 5.62. The van der Waals surface area contributed by atoms with Crippen LogP contribution >= 0.6 is 0 Å². The Balaban J connectivity index is 1.66. The standard InChI is InChI=1S/C18H25N3O3/c1-14-6-8-15(9-7-14)23-12-10-19-18(22)20-13-16(21(2)3)17-5-4-11-24-17/h4-9,11,16H,10,12-13H2,1-3H3,(H2,19,20,22). The predicted molar refractivity (Wildman–Crippen MR) is 93.2 cm³/mol. The van der Waals surface area contributed by atoms with Gasteiger partial charge < -0.3 is 19.8 Å². The van der Waals surface area contributed by atoms with Gasteiger partial charge in [-0.15, -0.1) is 0 Å². The van der Waals surface area contributed by atoms with Gasteiger partial charge in [-0.25, -0.2) is 4.79 Å². The molecule has 2 N–H and O–H groups in total. The Morgan fingerprint density at radius 2 is 1.96 bits per heavy atom. The van der Waals surface area contributed by atoms with E-state index in [2.05, 4.69) is 10.6 Å². The number of aryl methyl sites for hydroxylation is 1. The van der Waals surface area contributed by atoms with Crippen molar-refractivity contribution in [1.82, 2.24) is 15.5 Å². The SMILES string of the molecule is Cc1ccc(OCCNC(=O)NCC(c2ccco2)N(C)C)cc1.